The first-order chi connectivity index (χ1) is 17.9. The topological polar surface area (TPSA) is 77.4 Å². The van der Waals surface area contributed by atoms with Gasteiger partial charge in [0.1, 0.15) is 28.8 Å². The van der Waals surface area contributed by atoms with E-state index in [1.165, 1.54) is 31.0 Å². The van der Waals surface area contributed by atoms with Gasteiger partial charge < -0.3 is 19.3 Å². The Bertz CT molecular complexity index is 1400. The number of thioether (sulfide) groups is 1. The quantitative estimate of drug-likeness (QED) is 0.209. The van der Waals surface area contributed by atoms with E-state index in [1.807, 2.05) is 36.4 Å². The molecule has 37 heavy (non-hydrogen) atoms. The normalized spacial score (nSPS) is 15.4. The Kier molecular flexibility index (Phi) is 8.88. The molecule has 0 aliphatic carbocycles. The first-order valence-corrected chi connectivity index (χ1v) is 13.2. The smallest absolute Gasteiger partial charge is 0.344 e. The molecule has 0 saturated heterocycles. The van der Waals surface area contributed by atoms with E-state index in [-0.39, 0.29) is 30.4 Å². The molecule has 4 rings (SSSR count). The van der Waals surface area contributed by atoms with Crippen molar-refractivity contribution in [3.8, 4) is 11.5 Å². The molecule has 0 saturated carbocycles. The largest absolute Gasteiger partial charge is 0.506 e. The predicted octanol–water partition coefficient (Wildman–Crippen LogP) is 7.21. The molecule has 6 nitrogen and oxygen atoms in total. The van der Waals surface area contributed by atoms with Crippen molar-refractivity contribution in [3.63, 3.8) is 0 Å². The van der Waals surface area contributed by atoms with Crippen LogP contribution in [0, 0.1) is 9.39 Å². The molecule has 0 bridgehead atoms. The summed E-state index contributed by atoms with van der Waals surface area (Å²) in [6, 6.07) is 19.0. The molecule has 1 aliphatic rings. The monoisotopic (exact) mass is 631 g/mol. The lowest BCUT2D eigenvalue weighted by atomic mass is 10.1. The molecule has 1 aliphatic heterocycles. The molecule has 0 radical (unpaired) electrons. The minimum absolute atomic E-state index is 0.0265. The molecule has 0 fully saturated rings. The number of para-hydroxylation sites is 1. The van der Waals surface area contributed by atoms with Crippen molar-refractivity contribution in [3.05, 3.63) is 103 Å². The lowest BCUT2D eigenvalue weighted by Crippen LogP contribution is -2.12. The SMILES string of the molecule is CCOC(=O)C1=C(O)/C(=C/c2cc(I)c(OCc3cccc(F)c3)c(OC)c2)SC1=Nc1ccccc1. The van der Waals surface area contributed by atoms with Gasteiger partial charge in [0.25, 0.3) is 0 Å². The number of carbonyl (C=O) groups is 1. The van der Waals surface area contributed by atoms with E-state index in [0.717, 1.165) is 9.13 Å². The number of hydrogen-bond donors (Lipinski definition) is 1. The van der Waals surface area contributed by atoms with Gasteiger partial charge in [0.2, 0.25) is 0 Å². The van der Waals surface area contributed by atoms with Gasteiger partial charge in [0.05, 0.1) is 27.9 Å². The zero-order chi connectivity index (χ0) is 26.4. The lowest BCUT2D eigenvalue weighted by Gasteiger charge is -2.14. The van der Waals surface area contributed by atoms with Crippen molar-refractivity contribution < 1.29 is 28.5 Å². The number of aliphatic imine (C=N–C) groups is 1. The predicted molar refractivity (Wildman–Crippen MR) is 152 cm³/mol. The lowest BCUT2D eigenvalue weighted by molar-refractivity contribution is -0.138. The molecule has 3 aromatic rings. The van der Waals surface area contributed by atoms with Crippen molar-refractivity contribution in [1.29, 1.82) is 0 Å². The summed E-state index contributed by atoms with van der Waals surface area (Å²) in [4.78, 5) is 17.6. The minimum atomic E-state index is -0.640. The number of benzene rings is 3. The summed E-state index contributed by atoms with van der Waals surface area (Å²) in [6.45, 7) is 2.05. The van der Waals surface area contributed by atoms with Gasteiger partial charge in [0.15, 0.2) is 11.5 Å². The number of carbonyl (C=O) groups excluding carboxylic acids is 1. The van der Waals surface area contributed by atoms with E-state index in [4.69, 9.17) is 14.2 Å². The van der Waals surface area contributed by atoms with Crippen LogP contribution in [0.15, 0.2) is 88.0 Å². The third-order valence-corrected chi connectivity index (χ3v) is 7.00. The second kappa shape index (κ2) is 12.3. The van der Waals surface area contributed by atoms with Gasteiger partial charge in [0, 0.05) is 0 Å². The maximum Gasteiger partial charge on any atom is 0.344 e. The van der Waals surface area contributed by atoms with Gasteiger partial charge in [-0.2, -0.15) is 0 Å². The number of halogens is 2. The Morgan fingerprint density at radius 3 is 2.62 bits per heavy atom. The third kappa shape index (κ3) is 6.53. The number of ether oxygens (including phenoxy) is 3. The summed E-state index contributed by atoms with van der Waals surface area (Å²) in [7, 11) is 1.53. The highest BCUT2D eigenvalue weighted by molar-refractivity contribution is 14.1. The fourth-order valence-electron chi connectivity index (χ4n) is 3.51. The fraction of sp³-hybridized carbons (Fsp3) is 0.143. The highest BCUT2D eigenvalue weighted by Gasteiger charge is 2.33. The Morgan fingerprint density at radius 1 is 1.14 bits per heavy atom. The molecule has 0 amide bonds. The maximum atomic E-state index is 13.5. The molecule has 0 aromatic heterocycles. The Labute approximate surface area is 232 Å². The van der Waals surface area contributed by atoms with Crippen molar-refractivity contribution in [2.24, 2.45) is 4.99 Å². The molecule has 0 unspecified atom stereocenters. The van der Waals surface area contributed by atoms with Crippen LogP contribution in [-0.2, 0) is 16.1 Å². The van der Waals surface area contributed by atoms with Crippen LogP contribution in [-0.4, -0.2) is 29.8 Å². The van der Waals surface area contributed by atoms with Crippen molar-refractivity contribution in [2.45, 2.75) is 13.5 Å². The van der Waals surface area contributed by atoms with Crippen molar-refractivity contribution in [1.82, 2.24) is 0 Å². The van der Waals surface area contributed by atoms with Crippen molar-refractivity contribution >= 4 is 57.1 Å². The van der Waals surface area contributed by atoms with E-state index < -0.39 is 5.97 Å². The first kappa shape index (κ1) is 26.7. The summed E-state index contributed by atoms with van der Waals surface area (Å²) in [5, 5.41) is 11.3. The minimum Gasteiger partial charge on any atom is -0.506 e. The highest BCUT2D eigenvalue weighted by atomic mass is 127. The molecule has 0 atom stereocenters. The number of hydrogen-bond acceptors (Lipinski definition) is 7. The highest BCUT2D eigenvalue weighted by Crippen LogP contribution is 2.42. The number of esters is 1. The molecule has 0 spiro atoms. The van der Waals surface area contributed by atoms with Crippen LogP contribution < -0.4 is 9.47 Å². The number of aliphatic hydroxyl groups excluding tert-OH is 1. The van der Waals surface area contributed by atoms with Crippen LogP contribution in [0.2, 0.25) is 0 Å². The fourth-order valence-corrected chi connectivity index (χ4v) is 5.32. The van der Waals surface area contributed by atoms with Gasteiger partial charge in [-0.1, -0.05) is 42.1 Å². The van der Waals surface area contributed by atoms with Gasteiger partial charge in [-0.15, -0.1) is 0 Å². The van der Waals surface area contributed by atoms with Crippen LogP contribution in [0.5, 0.6) is 11.5 Å². The summed E-state index contributed by atoms with van der Waals surface area (Å²) in [5.41, 5.74) is 2.09. The van der Waals surface area contributed by atoms with Crippen LogP contribution in [0.25, 0.3) is 6.08 Å². The number of aliphatic hydroxyl groups is 1. The Hall–Kier alpha value is -3.31. The number of rotatable bonds is 8. The molecular formula is C28H23FINO5S. The average molecular weight is 631 g/mol. The van der Waals surface area contributed by atoms with E-state index in [2.05, 4.69) is 27.6 Å². The number of nitrogens with zero attached hydrogens (tertiary/aromatic N) is 1. The van der Waals surface area contributed by atoms with Crippen LogP contribution in [0.3, 0.4) is 0 Å². The summed E-state index contributed by atoms with van der Waals surface area (Å²) < 4.78 is 30.9. The maximum absolute atomic E-state index is 13.5. The molecular weight excluding hydrogens is 608 g/mol. The van der Waals surface area contributed by atoms with Crippen LogP contribution in [0.1, 0.15) is 18.1 Å². The van der Waals surface area contributed by atoms with Gasteiger partial charge in [-0.05, 0) is 83.1 Å². The molecule has 1 N–H and O–H groups in total. The first-order valence-electron chi connectivity index (χ1n) is 11.3. The van der Waals surface area contributed by atoms with Gasteiger partial charge in [-0.25, -0.2) is 14.2 Å². The van der Waals surface area contributed by atoms with Crippen LogP contribution in [0.4, 0.5) is 10.1 Å². The zero-order valence-corrected chi connectivity index (χ0v) is 23.0. The van der Waals surface area contributed by atoms with Gasteiger partial charge in [-0.3, -0.25) is 0 Å². The van der Waals surface area contributed by atoms with E-state index in [0.29, 0.717) is 32.7 Å². The Morgan fingerprint density at radius 2 is 1.92 bits per heavy atom. The molecule has 190 valence electrons. The average Bonchev–Trinajstić information content (AvgIpc) is 3.18. The van der Waals surface area contributed by atoms with E-state index in [1.54, 1.807) is 31.2 Å². The number of methoxy groups -OCH3 is 1. The van der Waals surface area contributed by atoms with E-state index in [9.17, 15) is 14.3 Å². The van der Waals surface area contributed by atoms with Crippen molar-refractivity contribution in [2.75, 3.05) is 13.7 Å². The second-order valence-electron chi connectivity index (χ2n) is 7.76. The molecule has 1 heterocycles. The molecule has 3 aromatic carbocycles. The molecule has 9 heteroatoms. The second-order valence-corrected chi connectivity index (χ2v) is 9.95. The van der Waals surface area contributed by atoms with E-state index >= 15 is 0 Å². The summed E-state index contributed by atoms with van der Waals surface area (Å²) >= 11 is 3.31. The summed E-state index contributed by atoms with van der Waals surface area (Å²) in [6.07, 6.45) is 1.74. The van der Waals surface area contributed by atoms with Crippen LogP contribution >= 0.6 is 34.4 Å². The summed E-state index contributed by atoms with van der Waals surface area (Å²) in [5.74, 6) is -0.168. The standard InChI is InChI=1S/C28H23FINO5S/c1-3-35-28(33)24-25(32)23(37-27(24)31-20-10-5-4-6-11-20)15-18-13-21(30)26(22(14-18)34-2)36-16-17-8-7-9-19(29)12-17/h4-15,32H,3,16H2,1-2H3/b23-15-,31-27?. The third-order valence-electron chi connectivity index (χ3n) is 5.18. The van der Waals surface area contributed by atoms with Gasteiger partial charge >= 0.3 is 5.97 Å². The Balaban J connectivity index is 1.66. The zero-order valence-electron chi connectivity index (χ0n) is 20.0.